The van der Waals surface area contributed by atoms with E-state index < -0.39 is 11.6 Å². The average molecular weight is 327 g/mol. The molecule has 1 N–H and O–H groups in total. The molecule has 1 saturated heterocycles. The molecule has 2 aromatic rings. The summed E-state index contributed by atoms with van der Waals surface area (Å²) in [5.74, 6) is -1.48. The predicted octanol–water partition coefficient (Wildman–Crippen LogP) is 4.09. The quantitative estimate of drug-likeness (QED) is 0.899. The molecule has 1 atom stereocenters. The number of likely N-dealkylation sites (tertiary alicyclic amines) is 1. The average Bonchev–Trinajstić information content (AvgIpc) is 3.10. The first-order valence-corrected chi connectivity index (χ1v) is 8.10. The molecule has 0 amide bonds. The fourth-order valence-corrected chi connectivity index (χ4v) is 3.09. The molecule has 0 spiro atoms. The molecule has 124 valence electrons. The second-order valence-corrected chi connectivity index (χ2v) is 6.04. The minimum absolute atomic E-state index is 0.0219. The zero-order valence-corrected chi connectivity index (χ0v) is 13.3. The molecular weight excluding hydrogens is 308 g/mol. The first-order chi connectivity index (χ1) is 11.7. The van der Waals surface area contributed by atoms with Crippen molar-refractivity contribution in [2.75, 3.05) is 25.0 Å². The standard InChI is InChI=1S/C19H19F2N3/c20-16-10-14(12-22)11-17(21)19(16)23-18(13-24-8-4-5-9-24)15-6-2-1-3-7-15/h1-3,6-7,10-11,18,23H,4-5,8-9,13H2. The van der Waals surface area contributed by atoms with E-state index in [9.17, 15) is 8.78 Å². The maximum Gasteiger partial charge on any atom is 0.150 e. The molecule has 5 heteroatoms. The van der Waals surface area contributed by atoms with Crippen LogP contribution in [0.15, 0.2) is 42.5 Å². The molecule has 3 rings (SSSR count). The minimum Gasteiger partial charge on any atom is -0.372 e. The van der Waals surface area contributed by atoms with Crippen LogP contribution in [-0.2, 0) is 0 Å². The van der Waals surface area contributed by atoms with Crippen molar-refractivity contribution in [2.24, 2.45) is 0 Å². The van der Waals surface area contributed by atoms with Crippen LogP contribution in [0.3, 0.4) is 0 Å². The van der Waals surface area contributed by atoms with Crippen molar-refractivity contribution in [3.8, 4) is 6.07 Å². The Morgan fingerprint density at radius 2 is 1.71 bits per heavy atom. The molecule has 0 bridgehead atoms. The third-order valence-corrected chi connectivity index (χ3v) is 4.33. The van der Waals surface area contributed by atoms with Gasteiger partial charge >= 0.3 is 0 Å². The summed E-state index contributed by atoms with van der Waals surface area (Å²) in [5.41, 5.74) is 0.779. The molecule has 1 heterocycles. The normalized spacial score (nSPS) is 15.9. The SMILES string of the molecule is N#Cc1cc(F)c(NC(CN2CCCC2)c2ccccc2)c(F)c1. The highest BCUT2D eigenvalue weighted by Crippen LogP contribution is 2.27. The molecule has 3 nitrogen and oxygen atoms in total. The maximum absolute atomic E-state index is 14.2. The Morgan fingerprint density at radius 1 is 1.08 bits per heavy atom. The van der Waals surface area contributed by atoms with E-state index in [-0.39, 0.29) is 17.3 Å². The highest BCUT2D eigenvalue weighted by Gasteiger charge is 2.21. The lowest BCUT2D eigenvalue weighted by Crippen LogP contribution is -2.30. The van der Waals surface area contributed by atoms with Gasteiger partial charge in [-0.2, -0.15) is 5.26 Å². The third-order valence-electron chi connectivity index (χ3n) is 4.33. The van der Waals surface area contributed by atoms with Crippen LogP contribution in [0.4, 0.5) is 14.5 Å². The van der Waals surface area contributed by atoms with Crippen LogP contribution in [0.5, 0.6) is 0 Å². The van der Waals surface area contributed by atoms with Gasteiger partial charge in [0.15, 0.2) is 11.6 Å². The van der Waals surface area contributed by atoms with Crippen LogP contribution >= 0.6 is 0 Å². The largest absolute Gasteiger partial charge is 0.372 e. The van der Waals surface area contributed by atoms with Gasteiger partial charge < -0.3 is 10.2 Å². The second kappa shape index (κ2) is 7.41. The summed E-state index contributed by atoms with van der Waals surface area (Å²) in [6, 6.07) is 13.3. The van der Waals surface area contributed by atoms with E-state index in [0.717, 1.165) is 43.6 Å². The molecule has 0 saturated carbocycles. The van der Waals surface area contributed by atoms with Crippen LogP contribution < -0.4 is 5.32 Å². The number of halogens is 2. The summed E-state index contributed by atoms with van der Waals surface area (Å²) in [6.07, 6.45) is 2.31. The number of anilines is 1. The van der Waals surface area contributed by atoms with Crippen molar-refractivity contribution < 1.29 is 8.78 Å². The number of nitrogens with one attached hydrogen (secondary N) is 1. The number of hydrogen-bond donors (Lipinski definition) is 1. The minimum atomic E-state index is -0.742. The van der Waals surface area contributed by atoms with Crippen molar-refractivity contribution in [3.63, 3.8) is 0 Å². The second-order valence-electron chi connectivity index (χ2n) is 6.04. The lowest BCUT2D eigenvalue weighted by Gasteiger charge is -2.26. The topological polar surface area (TPSA) is 39.1 Å². The Hall–Kier alpha value is -2.45. The van der Waals surface area contributed by atoms with Crippen molar-refractivity contribution in [2.45, 2.75) is 18.9 Å². The number of benzene rings is 2. The van der Waals surface area contributed by atoms with Crippen molar-refractivity contribution in [1.29, 1.82) is 5.26 Å². The third kappa shape index (κ3) is 3.72. The first kappa shape index (κ1) is 16.4. The molecule has 1 unspecified atom stereocenters. The summed E-state index contributed by atoms with van der Waals surface area (Å²) in [4.78, 5) is 2.30. The van der Waals surface area contributed by atoms with Gasteiger partial charge in [-0.15, -0.1) is 0 Å². The van der Waals surface area contributed by atoms with E-state index >= 15 is 0 Å². The van der Waals surface area contributed by atoms with E-state index in [2.05, 4.69) is 10.2 Å². The summed E-state index contributed by atoms with van der Waals surface area (Å²) in [6.45, 7) is 2.69. The molecule has 2 aromatic carbocycles. The lowest BCUT2D eigenvalue weighted by atomic mass is 10.1. The van der Waals surface area contributed by atoms with Gasteiger partial charge in [-0.25, -0.2) is 8.78 Å². The Bertz CT molecular complexity index is 711. The summed E-state index contributed by atoms with van der Waals surface area (Å²) < 4.78 is 28.4. The van der Waals surface area contributed by atoms with E-state index in [0.29, 0.717) is 6.54 Å². The molecule has 24 heavy (non-hydrogen) atoms. The smallest absolute Gasteiger partial charge is 0.150 e. The highest BCUT2D eigenvalue weighted by molar-refractivity contribution is 5.52. The van der Waals surface area contributed by atoms with Crippen molar-refractivity contribution in [3.05, 3.63) is 65.2 Å². The predicted molar refractivity (Wildman–Crippen MR) is 89.6 cm³/mol. The van der Waals surface area contributed by atoms with E-state index in [1.807, 2.05) is 30.3 Å². The Kier molecular flexibility index (Phi) is 5.07. The molecule has 1 fully saturated rings. The summed E-state index contributed by atoms with van der Waals surface area (Å²) in [7, 11) is 0. The van der Waals surface area contributed by atoms with E-state index in [1.54, 1.807) is 6.07 Å². The van der Waals surface area contributed by atoms with Crippen LogP contribution in [0.2, 0.25) is 0 Å². The zero-order valence-electron chi connectivity index (χ0n) is 13.3. The lowest BCUT2D eigenvalue weighted by molar-refractivity contribution is 0.323. The molecular formula is C19H19F2N3. The van der Waals surface area contributed by atoms with Gasteiger partial charge in [0.25, 0.3) is 0 Å². The van der Waals surface area contributed by atoms with Crippen LogP contribution in [0, 0.1) is 23.0 Å². The number of nitriles is 1. The van der Waals surface area contributed by atoms with Crippen molar-refractivity contribution >= 4 is 5.69 Å². The van der Waals surface area contributed by atoms with Gasteiger partial charge in [0.05, 0.1) is 17.7 Å². The fourth-order valence-electron chi connectivity index (χ4n) is 3.09. The number of rotatable bonds is 5. The van der Waals surface area contributed by atoms with Gasteiger partial charge in [-0.1, -0.05) is 30.3 Å². The van der Waals surface area contributed by atoms with Gasteiger partial charge in [0.2, 0.25) is 0 Å². The zero-order chi connectivity index (χ0) is 16.9. The van der Waals surface area contributed by atoms with Crippen LogP contribution in [0.1, 0.15) is 30.0 Å². The Balaban J connectivity index is 1.88. The number of hydrogen-bond acceptors (Lipinski definition) is 3. The van der Waals surface area contributed by atoms with Crippen molar-refractivity contribution in [1.82, 2.24) is 4.90 Å². The van der Waals surface area contributed by atoms with Crippen LogP contribution in [-0.4, -0.2) is 24.5 Å². The molecule has 0 aliphatic carbocycles. The first-order valence-electron chi connectivity index (χ1n) is 8.10. The molecule has 0 radical (unpaired) electrons. The summed E-state index contributed by atoms with van der Waals surface area (Å²) in [5, 5.41) is 11.8. The molecule has 1 aliphatic rings. The fraction of sp³-hybridized carbons (Fsp3) is 0.316. The van der Waals surface area contributed by atoms with Gasteiger partial charge in [0.1, 0.15) is 5.69 Å². The molecule has 0 aromatic heterocycles. The Labute approximate surface area is 140 Å². The summed E-state index contributed by atoms with van der Waals surface area (Å²) >= 11 is 0. The van der Waals surface area contributed by atoms with E-state index in [4.69, 9.17) is 5.26 Å². The monoisotopic (exact) mass is 327 g/mol. The van der Waals surface area contributed by atoms with Gasteiger partial charge in [-0.05, 0) is 43.6 Å². The molecule has 1 aliphatic heterocycles. The number of nitrogens with zero attached hydrogens (tertiary/aromatic N) is 2. The maximum atomic E-state index is 14.2. The highest BCUT2D eigenvalue weighted by atomic mass is 19.1. The Morgan fingerprint density at radius 3 is 2.29 bits per heavy atom. The van der Waals surface area contributed by atoms with Crippen LogP contribution in [0.25, 0.3) is 0 Å². The van der Waals surface area contributed by atoms with Gasteiger partial charge in [0, 0.05) is 6.54 Å². The van der Waals surface area contributed by atoms with E-state index in [1.165, 1.54) is 0 Å². The van der Waals surface area contributed by atoms with Gasteiger partial charge in [-0.3, -0.25) is 0 Å².